The molecule has 2 fully saturated rings. The van der Waals surface area contributed by atoms with Crippen LogP contribution in [0.4, 0.5) is 0 Å². The highest BCUT2D eigenvalue weighted by Crippen LogP contribution is 2.31. The highest BCUT2D eigenvalue weighted by atomic mass is 16.5. The Morgan fingerprint density at radius 3 is 2.48 bits per heavy atom. The van der Waals surface area contributed by atoms with Crippen molar-refractivity contribution in [3.63, 3.8) is 0 Å². The molecule has 0 N–H and O–H groups in total. The van der Waals surface area contributed by atoms with Gasteiger partial charge >= 0.3 is 5.97 Å². The van der Waals surface area contributed by atoms with Gasteiger partial charge in [-0.25, -0.2) is 9.78 Å². The van der Waals surface area contributed by atoms with Gasteiger partial charge in [-0.05, 0) is 59.7 Å². The van der Waals surface area contributed by atoms with E-state index in [-0.39, 0.29) is 5.92 Å². The molecule has 3 aromatic rings. The number of fused-ring (bicyclic) bond motifs is 1. The van der Waals surface area contributed by atoms with Crippen molar-refractivity contribution in [2.45, 2.75) is 51.0 Å². The first-order valence-corrected chi connectivity index (χ1v) is 12.0. The van der Waals surface area contributed by atoms with Gasteiger partial charge in [-0.2, -0.15) is 0 Å². The van der Waals surface area contributed by atoms with Gasteiger partial charge in [-0.3, -0.25) is 4.79 Å². The molecule has 0 spiro atoms. The summed E-state index contributed by atoms with van der Waals surface area (Å²) < 4.78 is 4.72. The van der Waals surface area contributed by atoms with Crippen molar-refractivity contribution in [1.29, 1.82) is 0 Å². The van der Waals surface area contributed by atoms with Crippen LogP contribution in [-0.2, 0) is 16.0 Å². The number of esters is 1. The number of pyridine rings is 1. The maximum absolute atomic E-state index is 13.1. The number of benzene rings is 2. The first-order chi connectivity index (χ1) is 16.1. The minimum absolute atomic E-state index is 0.114. The first-order valence-electron chi connectivity index (χ1n) is 12.0. The largest absolute Gasteiger partial charge is 0.464 e. The number of methoxy groups -OCH3 is 1. The summed E-state index contributed by atoms with van der Waals surface area (Å²) in [6.45, 7) is 0.925. The number of aromatic nitrogens is 1. The smallest absolute Gasteiger partial charge is 0.356 e. The van der Waals surface area contributed by atoms with Crippen LogP contribution in [-0.4, -0.2) is 41.5 Å². The number of amides is 1. The minimum Gasteiger partial charge on any atom is -0.464 e. The van der Waals surface area contributed by atoms with Crippen LogP contribution >= 0.6 is 0 Å². The lowest BCUT2D eigenvalue weighted by Crippen LogP contribution is -2.39. The third kappa shape index (κ3) is 4.50. The molecule has 33 heavy (non-hydrogen) atoms. The Labute approximate surface area is 194 Å². The molecule has 5 rings (SSSR count). The van der Waals surface area contributed by atoms with E-state index in [1.165, 1.54) is 50.2 Å². The molecule has 2 aromatic carbocycles. The number of hydrogen-bond donors (Lipinski definition) is 0. The van der Waals surface area contributed by atoms with Gasteiger partial charge < -0.3 is 9.64 Å². The van der Waals surface area contributed by atoms with E-state index in [4.69, 9.17) is 4.74 Å². The fraction of sp³-hybridized carbons (Fsp3) is 0.393. The van der Waals surface area contributed by atoms with Gasteiger partial charge in [0.25, 0.3) is 0 Å². The molecule has 1 amide bonds. The normalized spacial score (nSPS) is 19.2. The zero-order valence-corrected chi connectivity index (χ0v) is 19.1. The molecular formula is C28H30N2O3. The maximum atomic E-state index is 13.1. The summed E-state index contributed by atoms with van der Waals surface area (Å²) in [5.41, 5.74) is 3.53. The third-order valence-corrected chi connectivity index (χ3v) is 7.24. The Morgan fingerprint density at radius 1 is 0.970 bits per heavy atom. The summed E-state index contributed by atoms with van der Waals surface area (Å²) >= 11 is 0. The molecule has 0 radical (unpaired) electrons. The summed E-state index contributed by atoms with van der Waals surface area (Å²) in [6.07, 6.45) is 9.69. The molecule has 1 aliphatic carbocycles. The highest BCUT2D eigenvalue weighted by Gasteiger charge is 2.36. The van der Waals surface area contributed by atoms with Crippen LogP contribution in [0.1, 0.15) is 54.6 Å². The topological polar surface area (TPSA) is 59.5 Å². The number of rotatable bonds is 5. The first kappa shape index (κ1) is 21.6. The lowest BCUT2D eigenvalue weighted by molar-refractivity contribution is -0.133. The number of ether oxygens (including phenoxy) is 1. The Hall–Kier alpha value is -3.21. The second-order valence-electron chi connectivity index (χ2n) is 9.33. The van der Waals surface area contributed by atoms with Crippen molar-refractivity contribution in [2.75, 3.05) is 13.7 Å². The van der Waals surface area contributed by atoms with Crippen LogP contribution in [0.25, 0.3) is 21.9 Å². The number of hydrogen-bond acceptors (Lipinski definition) is 4. The Bertz CT molecular complexity index is 1170. The predicted octanol–water partition coefficient (Wildman–Crippen LogP) is 5.41. The molecule has 1 unspecified atom stereocenters. The van der Waals surface area contributed by atoms with Crippen molar-refractivity contribution < 1.29 is 14.3 Å². The Balaban J connectivity index is 1.29. The second-order valence-corrected chi connectivity index (χ2v) is 9.33. The third-order valence-electron chi connectivity index (χ3n) is 7.24. The zero-order valence-electron chi connectivity index (χ0n) is 19.1. The van der Waals surface area contributed by atoms with Crippen LogP contribution in [0, 0.1) is 5.92 Å². The zero-order chi connectivity index (χ0) is 22.8. The molecule has 1 saturated carbocycles. The Kier molecular flexibility index (Phi) is 6.12. The maximum Gasteiger partial charge on any atom is 0.356 e. The van der Waals surface area contributed by atoms with Gasteiger partial charge in [0.2, 0.25) is 5.91 Å². The van der Waals surface area contributed by atoms with E-state index < -0.39 is 5.97 Å². The average molecular weight is 443 g/mol. The van der Waals surface area contributed by atoms with Gasteiger partial charge in [-0.15, -0.1) is 0 Å². The molecule has 5 heteroatoms. The fourth-order valence-electron chi connectivity index (χ4n) is 5.38. The molecule has 2 heterocycles. The fourth-order valence-corrected chi connectivity index (χ4v) is 5.38. The monoisotopic (exact) mass is 442 g/mol. The number of carbonyl (C=O) groups excluding carboxylic acids is 2. The molecule has 1 aliphatic heterocycles. The standard InChI is InChI=1S/C28H30N2O3/c1-33-28(32)26-12-11-24(18-29-26)22-10-9-20-15-19(7-8-21(20)17-22)16-23-13-14-30(27(23)31)25-5-3-2-4-6-25/h7-12,15,17-18,23,25H,2-6,13-14,16H2,1H3. The van der Waals surface area contributed by atoms with Crippen LogP contribution in [0.3, 0.4) is 0 Å². The highest BCUT2D eigenvalue weighted by molar-refractivity contribution is 5.89. The summed E-state index contributed by atoms with van der Waals surface area (Å²) in [5.74, 6) is 0.0403. The van der Waals surface area contributed by atoms with Crippen LogP contribution in [0.5, 0.6) is 0 Å². The molecule has 1 atom stereocenters. The van der Waals surface area contributed by atoms with Crippen molar-refractivity contribution >= 4 is 22.6 Å². The minimum atomic E-state index is -0.435. The van der Waals surface area contributed by atoms with E-state index in [9.17, 15) is 9.59 Å². The van der Waals surface area contributed by atoms with E-state index in [1.807, 2.05) is 6.07 Å². The van der Waals surface area contributed by atoms with E-state index in [1.54, 1.807) is 12.3 Å². The van der Waals surface area contributed by atoms with Gasteiger partial charge in [0.1, 0.15) is 5.69 Å². The van der Waals surface area contributed by atoms with Crippen molar-refractivity contribution in [1.82, 2.24) is 9.88 Å². The van der Waals surface area contributed by atoms with E-state index in [2.05, 4.69) is 46.3 Å². The number of nitrogens with zero attached hydrogens (tertiary/aromatic N) is 2. The lowest BCUT2D eigenvalue weighted by atomic mass is 9.93. The molecule has 170 valence electrons. The van der Waals surface area contributed by atoms with Crippen molar-refractivity contribution in [3.05, 3.63) is 66.0 Å². The van der Waals surface area contributed by atoms with Gasteiger partial charge in [-0.1, -0.05) is 55.7 Å². The van der Waals surface area contributed by atoms with Gasteiger partial charge in [0.15, 0.2) is 0 Å². The predicted molar refractivity (Wildman–Crippen MR) is 129 cm³/mol. The van der Waals surface area contributed by atoms with Crippen molar-refractivity contribution in [3.8, 4) is 11.1 Å². The van der Waals surface area contributed by atoms with Crippen molar-refractivity contribution in [2.24, 2.45) is 5.92 Å². The Morgan fingerprint density at radius 2 is 1.73 bits per heavy atom. The molecule has 1 saturated heterocycles. The quantitative estimate of drug-likeness (QED) is 0.496. The average Bonchev–Trinajstić information content (AvgIpc) is 3.23. The van der Waals surface area contributed by atoms with Crippen LogP contribution in [0.15, 0.2) is 54.7 Å². The summed E-state index contributed by atoms with van der Waals surface area (Å²) in [4.78, 5) is 31.0. The summed E-state index contributed by atoms with van der Waals surface area (Å²) in [5, 5.41) is 2.32. The van der Waals surface area contributed by atoms with E-state index in [0.29, 0.717) is 17.6 Å². The van der Waals surface area contributed by atoms with Gasteiger partial charge in [0.05, 0.1) is 7.11 Å². The number of carbonyl (C=O) groups is 2. The summed E-state index contributed by atoms with van der Waals surface area (Å²) in [7, 11) is 1.35. The molecule has 0 bridgehead atoms. The second kappa shape index (κ2) is 9.34. The molecule has 2 aliphatic rings. The van der Waals surface area contributed by atoms with Crippen LogP contribution in [0.2, 0.25) is 0 Å². The molecule has 1 aromatic heterocycles. The van der Waals surface area contributed by atoms with E-state index >= 15 is 0 Å². The molecular weight excluding hydrogens is 412 g/mol. The number of likely N-dealkylation sites (tertiary alicyclic amines) is 1. The van der Waals surface area contributed by atoms with Gasteiger partial charge in [0, 0.05) is 30.3 Å². The summed E-state index contributed by atoms with van der Waals surface area (Å²) in [6, 6.07) is 16.9. The SMILES string of the molecule is COC(=O)c1ccc(-c2ccc3cc(CC4CCN(C5CCCCC5)C4=O)ccc3c2)cn1. The lowest BCUT2D eigenvalue weighted by Gasteiger charge is -2.31. The van der Waals surface area contributed by atoms with Crippen LogP contribution < -0.4 is 0 Å². The van der Waals surface area contributed by atoms with E-state index in [0.717, 1.165) is 35.9 Å². The molecule has 5 nitrogen and oxygen atoms in total.